The number of para-hydroxylation sites is 1. The Kier molecular flexibility index (Phi) is 7.79. The highest BCUT2D eigenvalue weighted by molar-refractivity contribution is 7.99. The Labute approximate surface area is 188 Å². The van der Waals surface area contributed by atoms with Crippen LogP contribution in [0.15, 0.2) is 53.7 Å². The molecule has 9 nitrogen and oxygen atoms in total. The number of rotatable bonds is 9. The van der Waals surface area contributed by atoms with Crippen LogP contribution >= 0.6 is 11.8 Å². The molecule has 3 rings (SSSR count). The molecule has 1 aromatic heterocycles. The van der Waals surface area contributed by atoms with Crippen LogP contribution < -0.4 is 15.4 Å². The molecule has 0 spiro atoms. The molecule has 32 heavy (non-hydrogen) atoms. The van der Waals surface area contributed by atoms with Crippen molar-refractivity contribution in [3.63, 3.8) is 0 Å². The van der Waals surface area contributed by atoms with E-state index in [2.05, 4.69) is 20.8 Å². The Morgan fingerprint density at radius 3 is 2.56 bits per heavy atom. The maximum Gasteiger partial charge on any atom is 0.251 e. The monoisotopic (exact) mass is 459 g/mol. The van der Waals surface area contributed by atoms with Gasteiger partial charge in [0.2, 0.25) is 5.91 Å². The van der Waals surface area contributed by atoms with Crippen molar-refractivity contribution in [1.29, 1.82) is 0 Å². The van der Waals surface area contributed by atoms with Gasteiger partial charge in [-0.25, -0.2) is 4.39 Å². The van der Waals surface area contributed by atoms with E-state index >= 15 is 0 Å². The average molecular weight is 460 g/mol. The van der Waals surface area contributed by atoms with Gasteiger partial charge in [0.05, 0.1) is 25.2 Å². The molecular weight excluding hydrogens is 437 g/mol. The van der Waals surface area contributed by atoms with Gasteiger partial charge in [-0.15, -0.1) is 10.2 Å². The highest BCUT2D eigenvalue weighted by Crippen LogP contribution is 2.21. The number of ether oxygens (including phenoxy) is 1. The van der Waals surface area contributed by atoms with Gasteiger partial charge in [0.1, 0.15) is 17.6 Å². The molecule has 168 valence electrons. The maximum absolute atomic E-state index is 13.7. The molecule has 3 N–H and O–H groups in total. The van der Waals surface area contributed by atoms with Crippen LogP contribution in [0, 0.1) is 5.82 Å². The zero-order valence-electron chi connectivity index (χ0n) is 17.4. The number of thioether (sulfide) groups is 1. The minimum absolute atomic E-state index is 0.0255. The Hall–Kier alpha value is -3.44. The van der Waals surface area contributed by atoms with Crippen molar-refractivity contribution in [3.05, 3.63) is 65.7 Å². The van der Waals surface area contributed by atoms with Crippen molar-refractivity contribution in [2.24, 2.45) is 7.05 Å². The molecule has 0 fully saturated rings. The molecule has 1 unspecified atom stereocenters. The molecule has 11 heteroatoms. The van der Waals surface area contributed by atoms with Gasteiger partial charge in [-0.1, -0.05) is 23.9 Å². The zero-order valence-corrected chi connectivity index (χ0v) is 18.2. The topological polar surface area (TPSA) is 118 Å². The summed E-state index contributed by atoms with van der Waals surface area (Å²) in [7, 11) is 3.19. The highest BCUT2D eigenvalue weighted by atomic mass is 32.2. The molecule has 1 heterocycles. The lowest BCUT2D eigenvalue weighted by Crippen LogP contribution is -2.32. The Morgan fingerprint density at radius 1 is 1.19 bits per heavy atom. The number of methoxy groups -OCH3 is 1. The summed E-state index contributed by atoms with van der Waals surface area (Å²) in [5.74, 6) is -0.405. The largest absolute Gasteiger partial charge is 0.497 e. The molecule has 1 atom stereocenters. The number of aromatic nitrogens is 3. The third kappa shape index (κ3) is 5.62. The number of carbonyl (C=O) groups is 2. The van der Waals surface area contributed by atoms with E-state index in [1.54, 1.807) is 41.9 Å². The SMILES string of the molecule is COc1ccc(C(=O)NC(CO)c2nnc(SCC(=O)Nc3ccccc3F)n2C)cc1. The fourth-order valence-corrected chi connectivity index (χ4v) is 3.53. The van der Waals surface area contributed by atoms with Crippen LogP contribution in [0.5, 0.6) is 5.75 Å². The van der Waals surface area contributed by atoms with Gasteiger partial charge in [0.15, 0.2) is 11.0 Å². The summed E-state index contributed by atoms with van der Waals surface area (Å²) < 4.78 is 20.3. The molecule has 0 bridgehead atoms. The van der Waals surface area contributed by atoms with Gasteiger partial charge < -0.3 is 25.0 Å². The van der Waals surface area contributed by atoms with E-state index in [0.717, 1.165) is 11.8 Å². The van der Waals surface area contributed by atoms with Crippen LogP contribution in [0.4, 0.5) is 10.1 Å². The molecule has 0 aliphatic rings. The second-order valence-corrected chi connectivity index (χ2v) is 7.60. The van der Waals surface area contributed by atoms with Gasteiger partial charge in [-0.3, -0.25) is 9.59 Å². The summed E-state index contributed by atoms with van der Waals surface area (Å²) in [5, 5.41) is 23.5. The summed E-state index contributed by atoms with van der Waals surface area (Å²) in [6, 6.07) is 11.6. The molecule has 0 saturated carbocycles. The molecular formula is C21H22FN5O4S. The number of aliphatic hydroxyl groups excluding tert-OH is 1. The van der Waals surface area contributed by atoms with Crippen LogP contribution in [0.2, 0.25) is 0 Å². The summed E-state index contributed by atoms with van der Waals surface area (Å²) in [4.78, 5) is 24.6. The molecule has 3 aromatic rings. The highest BCUT2D eigenvalue weighted by Gasteiger charge is 2.22. The van der Waals surface area contributed by atoms with Gasteiger partial charge in [0, 0.05) is 12.6 Å². The number of carbonyl (C=O) groups excluding carboxylic acids is 2. The van der Waals surface area contributed by atoms with Gasteiger partial charge in [-0.05, 0) is 36.4 Å². The number of amides is 2. The minimum atomic E-state index is -0.802. The quantitative estimate of drug-likeness (QED) is 0.420. The molecule has 0 aliphatic heterocycles. The predicted molar refractivity (Wildman–Crippen MR) is 117 cm³/mol. The Balaban J connectivity index is 1.62. The van der Waals surface area contributed by atoms with E-state index in [4.69, 9.17) is 4.74 Å². The smallest absolute Gasteiger partial charge is 0.251 e. The molecule has 2 amide bonds. The summed E-state index contributed by atoms with van der Waals surface area (Å²) in [5.41, 5.74) is 0.490. The zero-order chi connectivity index (χ0) is 23.1. The number of nitrogens with zero attached hydrogens (tertiary/aromatic N) is 3. The minimum Gasteiger partial charge on any atom is -0.497 e. The van der Waals surface area contributed by atoms with Crippen molar-refractivity contribution >= 4 is 29.3 Å². The average Bonchev–Trinajstić information content (AvgIpc) is 3.17. The first-order valence-corrected chi connectivity index (χ1v) is 10.5. The second kappa shape index (κ2) is 10.7. The standard InChI is InChI=1S/C21H22FN5O4S/c1-27-19(17(11-28)24-20(30)13-7-9-14(31-2)10-8-13)25-26-21(27)32-12-18(29)23-16-6-4-3-5-15(16)22/h3-10,17,28H,11-12H2,1-2H3,(H,23,29)(H,24,30). The van der Waals surface area contributed by atoms with Gasteiger partial charge in [-0.2, -0.15) is 0 Å². The van der Waals surface area contributed by atoms with Crippen LogP contribution in [-0.4, -0.2) is 51.2 Å². The number of anilines is 1. The van der Waals surface area contributed by atoms with E-state index in [-0.39, 0.29) is 11.4 Å². The van der Waals surface area contributed by atoms with E-state index in [1.165, 1.54) is 25.3 Å². The molecule has 0 saturated heterocycles. The number of halogens is 1. The number of aliphatic hydroxyl groups is 1. The summed E-state index contributed by atoms with van der Waals surface area (Å²) in [6.45, 7) is -0.397. The van der Waals surface area contributed by atoms with Gasteiger partial charge in [0.25, 0.3) is 5.91 Å². The van der Waals surface area contributed by atoms with E-state index in [1.807, 2.05) is 0 Å². The first-order valence-electron chi connectivity index (χ1n) is 9.55. The second-order valence-electron chi connectivity index (χ2n) is 6.65. The normalized spacial score (nSPS) is 11.6. The molecule has 0 aliphatic carbocycles. The van der Waals surface area contributed by atoms with Crippen LogP contribution in [-0.2, 0) is 11.8 Å². The van der Waals surface area contributed by atoms with Crippen LogP contribution in [0.3, 0.4) is 0 Å². The molecule has 2 aromatic carbocycles. The Morgan fingerprint density at radius 2 is 1.91 bits per heavy atom. The lowest BCUT2D eigenvalue weighted by Gasteiger charge is -2.16. The molecule has 0 radical (unpaired) electrons. The fourth-order valence-electron chi connectivity index (χ4n) is 2.81. The first kappa shape index (κ1) is 23.2. The fraction of sp³-hybridized carbons (Fsp3) is 0.238. The van der Waals surface area contributed by atoms with Crippen molar-refractivity contribution < 1.29 is 23.8 Å². The van der Waals surface area contributed by atoms with Crippen molar-refractivity contribution in [3.8, 4) is 5.75 Å². The van der Waals surface area contributed by atoms with E-state index < -0.39 is 30.3 Å². The number of benzene rings is 2. The lowest BCUT2D eigenvalue weighted by molar-refractivity contribution is -0.113. The first-order chi connectivity index (χ1) is 15.4. The number of nitrogens with one attached hydrogen (secondary N) is 2. The number of hydrogen-bond acceptors (Lipinski definition) is 7. The Bertz CT molecular complexity index is 1090. The third-order valence-electron chi connectivity index (χ3n) is 4.50. The predicted octanol–water partition coefficient (Wildman–Crippen LogP) is 2.16. The summed E-state index contributed by atoms with van der Waals surface area (Å²) >= 11 is 1.09. The lowest BCUT2D eigenvalue weighted by atomic mass is 10.2. The van der Waals surface area contributed by atoms with E-state index in [0.29, 0.717) is 22.3 Å². The number of hydrogen-bond donors (Lipinski definition) is 3. The van der Waals surface area contributed by atoms with Gasteiger partial charge >= 0.3 is 0 Å². The van der Waals surface area contributed by atoms with Crippen LogP contribution in [0.1, 0.15) is 22.2 Å². The maximum atomic E-state index is 13.7. The van der Waals surface area contributed by atoms with Crippen molar-refractivity contribution in [2.75, 3.05) is 24.8 Å². The van der Waals surface area contributed by atoms with Crippen molar-refractivity contribution in [2.45, 2.75) is 11.2 Å². The third-order valence-corrected chi connectivity index (χ3v) is 5.52. The van der Waals surface area contributed by atoms with Crippen molar-refractivity contribution in [1.82, 2.24) is 20.1 Å². The van der Waals surface area contributed by atoms with Crippen LogP contribution in [0.25, 0.3) is 0 Å². The van der Waals surface area contributed by atoms with E-state index in [9.17, 15) is 19.1 Å². The summed E-state index contributed by atoms with van der Waals surface area (Å²) in [6.07, 6.45) is 0.